The van der Waals surface area contributed by atoms with E-state index in [1.54, 1.807) is 11.8 Å². The van der Waals surface area contributed by atoms with Crippen LogP contribution in [0.4, 0.5) is 17.6 Å². The summed E-state index contributed by atoms with van der Waals surface area (Å²) in [7, 11) is 0. The van der Waals surface area contributed by atoms with Crippen LogP contribution in [0.1, 0.15) is 22.3 Å². The SMILES string of the molecule is O=C(NCC1CCSC1)c1ccc(F)c(C(F)(F)F)c1. The second-order valence-corrected chi connectivity index (χ2v) is 5.78. The van der Waals surface area contributed by atoms with Crippen LogP contribution in [0, 0.1) is 11.7 Å². The van der Waals surface area contributed by atoms with Crippen molar-refractivity contribution in [3.05, 3.63) is 35.1 Å². The van der Waals surface area contributed by atoms with E-state index in [4.69, 9.17) is 0 Å². The lowest BCUT2D eigenvalue weighted by molar-refractivity contribution is -0.140. The van der Waals surface area contributed by atoms with Gasteiger partial charge in [-0.1, -0.05) is 0 Å². The molecule has 1 amide bonds. The molecule has 1 aromatic carbocycles. The quantitative estimate of drug-likeness (QED) is 0.868. The number of thioether (sulfide) groups is 1. The van der Waals surface area contributed by atoms with Crippen LogP contribution in [-0.4, -0.2) is 24.0 Å². The Morgan fingerprint density at radius 1 is 1.40 bits per heavy atom. The Hall–Kier alpha value is -1.24. The minimum absolute atomic E-state index is 0.177. The van der Waals surface area contributed by atoms with Crippen LogP contribution in [0.2, 0.25) is 0 Å². The lowest BCUT2D eigenvalue weighted by Crippen LogP contribution is -2.29. The molecule has 1 aromatic rings. The normalized spacial score (nSPS) is 19.1. The van der Waals surface area contributed by atoms with E-state index in [-0.39, 0.29) is 5.56 Å². The van der Waals surface area contributed by atoms with Gasteiger partial charge in [-0.05, 0) is 42.0 Å². The van der Waals surface area contributed by atoms with Crippen LogP contribution in [0.3, 0.4) is 0 Å². The second kappa shape index (κ2) is 6.03. The van der Waals surface area contributed by atoms with E-state index in [9.17, 15) is 22.4 Å². The molecule has 7 heteroatoms. The molecule has 0 radical (unpaired) electrons. The van der Waals surface area contributed by atoms with Crippen molar-refractivity contribution in [3.8, 4) is 0 Å². The van der Waals surface area contributed by atoms with Gasteiger partial charge in [-0.3, -0.25) is 4.79 Å². The summed E-state index contributed by atoms with van der Waals surface area (Å²) >= 11 is 1.79. The highest BCUT2D eigenvalue weighted by Crippen LogP contribution is 2.31. The van der Waals surface area contributed by atoms with Crippen molar-refractivity contribution in [3.63, 3.8) is 0 Å². The van der Waals surface area contributed by atoms with E-state index >= 15 is 0 Å². The number of hydrogen-bond donors (Lipinski definition) is 1. The van der Waals surface area contributed by atoms with Crippen molar-refractivity contribution in [1.82, 2.24) is 5.32 Å². The zero-order chi connectivity index (χ0) is 14.8. The van der Waals surface area contributed by atoms with Crippen LogP contribution >= 0.6 is 11.8 Å². The standard InChI is InChI=1S/C13H13F4NOS/c14-11-2-1-9(5-10(11)13(15,16)17)12(19)18-6-8-3-4-20-7-8/h1-2,5,8H,3-4,6-7H2,(H,18,19). The Kier molecular flexibility index (Phi) is 4.57. The second-order valence-electron chi connectivity index (χ2n) is 4.63. The Morgan fingerprint density at radius 3 is 2.75 bits per heavy atom. The van der Waals surface area contributed by atoms with Gasteiger partial charge in [0.15, 0.2) is 0 Å². The molecule has 0 aromatic heterocycles. The monoisotopic (exact) mass is 307 g/mol. The van der Waals surface area contributed by atoms with Gasteiger partial charge in [0.2, 0.25) is 0 Å². The number of hydrogen-bond acceptors (Lipinski definition) is 2. The lowest BCUT2D eigenvalue weighted by Gasteiger charge is -2.12. The van der Waals surface area contributed by atoms with Crippen molar-refractivity contribution >= 4 is 17.7 Å². The molecule has 1 N–H and O–H groups in total. The maximum atomic E-state index is 13.1. The summed E-state index contributed by atoms with van der Waals surface area (Å²) in [6.45, 7) is 0.435. The molecule has 110 valence electrons. The van der Waals surface area contributed by atoms with Crippen LogP contribution in [0.5, 0.6) is 0 Å². The molecule has 1 aliphatic rings. The van der Waals surface area contributed by atoms with E-state index < -0.39 is 23.5 Å². The first-order valence-corrected chi connectivity index (χ1v) is 7.26. The number of alkyl halides is 3. The highest BCUT2D eigenvalue weighted by molar-refractivity contribution is 7.99. The molecule has 1 saturated heterocycles. The summed E-state index contributed by atoms with van der Waals surface area (Å²) in [5, 5.41) is 2.60. The van der Waals surface area contributed by atoms with E-state index in [0.29, 0.717) is 24.6 Å². The number of nitrogens with one attached hydrogen (secondary N) is 1. The first-order chi connectivity index (χ1) is 9.38. The van der Waals surface area contributed by atoms with Gasteiger partial charge < -0.3 is 5.32 Å². The fourth-order valence-electron chi connectivity index (χ4n) is 1.97. The number of amides is 1. The molecule has 0 aliphatic carbocycles. The topological polar surface area (TPSA) is 29.1 Å². The van der Waals surface area contributed by atoms with E-state index in [2.05, 4.69) is 5.32 Å². The van der Waals surface area contributed by atoms with Gasteiger partial charge in [0.25, 0.3) is 5.91 Å². The van der Waals surface area contributed by atoms with Gasteiger partial charge >= 0.3 is 6.18 Å². The van der Waals surface area contributed by atoms with Gasteiger partial charge in [0.05, 0.1) is 5.56 Å². The average molecular weight is 307 g/mol. The van der Waals surface area contributed by atoms with E-state index in [1.807, 2.05) is 0 Å². The molecule has 1 heterocycles. The molecule has 1 aliphatic heterocycles. The molecule has 0 saturated carbocycles. The van der Waals surface area contributed by atoms with Crippen LogP contribution in [0.25, 0.3) is 0 Å². The van der Waals surface area contributed by atoms with Gasteiger partial charge in [0.1, 0.15) is 5.82 Å². The number of carbonyl (C=O) groups is 1. The Morgan fingerprint density at radius 2 is 2.15 bits per heavy atom. The van der Waals surface area contributed by atoms with Crippen molar-refractivity contribution in [2.45, 2.75) is 12.6 Å². The Labute approximate surface area is 117 Å². The maximum absolute atomic E-state index is 13.1. The molecular formula is C13H13F4NOS. The van der Waals surface area contributed by atoms with Crippen molar-refractivity contribution in [2.24, 2.45) is 5.92 Å². The first-order valence-electron chi connectivity index (χ1n) is 6.10. The number of rotatable bonds is 3. The molecule has 1 fully saturated rings. The van der Waals surface area contributed by atoms with Crippen molar-refractivity contribution in [1.29, 1.82) is 0 Å². The van der Waals surface area contributed by atoms with Crippen LogP contribution in [-0.2, 0) is 6.18 Å². The lowest BCUT2D eigenvalue weighted by atomic mass is 10.1. The molecule has 0 spiro atoms. The smallest absolute Gasteiger partial charge is 0.352 e. The third-order valence-electron chi connectivity index (χ3n) is 3.11. The summed E-state index contributed by atoms with van der Waals surface area (Å²) in [5.74, 6) is 0.354. The molecular weight excluding hydrogens is 294 g/mol. The van der Waals surface area contributed by atoms with Gasteiger partial charge in [-0.25, -0.2) is 4.39 Å². The first kappa shape index (κ1) is 15.2. The zero-order valence-electron chi connectivity index (χ0n) is 10.5. The predicted octanol–water partition coefficient (Wildman–Crippen LogP) is 3.33. The fraction of sp³-hybridized carbons (Fsp3) is 0.462. The molecule has 20 heavy (non-hydrogen) atoms. The highest BCUT2D eigenvalue weighted by atomic mass is 32.2. The average Bonchev–Trinajstić information content (AvgIpc) is 2.88. The third-order valence-corrected chi connectivity index (χ3v) is 4.34. The summed E-state index contributed by atoms with van der Waals surface area (Å²) in [5.41, 5.74) is -1.59. The van der Waals surface area contributed by atoms with Crippen molar-refractivity contribution in [2.75, 3.05) is 18.1 Å². The van der Waals surface area contributed by atoms with E-state index in [0.717, 1.165) is 24.0 Å². The van der Waals surface area contributed by atoms with Gasteiger partial charge in [0, 0.05) is 12.1 Å². The molecule has 2 nitrogen and oxygen atoms in total. The summed E-state index contributed by atoms with van der Waals surface area (Å²) < 4.78 is 50.8. The number of benzene rings is 1. The van der Waals surface area contributed by atoms with Gasteiger partial charge in [-0.2, -0.15) is 24.9 Å². The summed E-state index contributed by atoms with van der Waals surface area (Å²) in [4.78, 5) is 11.8. The van der Waals surface area contributed by atoms with Crippen LogP contribution in [0.15, 0.2) is 18.2 Å². The zero-order valence-corrected chi connectivity index (χ0v) is 11.3. The molecule has 2 rings (SSSR count). The number of halogens is 4. The van der Waals surface area contributed by atoms with Gasteiger partial charge in [-0.15, -0.1) is 0 Å². The molecule has 0 bridgehead atoms. The summed E-state index contributed by atoms with van der Waals surface area (Å²) in [6, 6.07) is 2.28. The van der Waals surface area contributed by atoms with E-state index in [1.165, 1.54) is 0 Å². The minimum Gasteiger partial charge on any atom is -0.352 e. The fourth-order valence-corrected chi connectivity index (χ4v) is 3.25. The number of carbonyl (C=O) groups excluding carboxylic acids is 1. The predicted molar refractivity (Wildman–Crippen MR) is 69.2 cm³/mol. The Bertz CT molecular complexity index is 498. The Balaban J connectivity index is 2.06. The molecule has 1 atom stereocenters. The van der Waals surface area contributed by atoms with Crippen LogP contribution < -0.4 is 5.32 Å². The summed E-state index contributed by atoms with van der Waals surface area (Å²) in [6.07, 6.45) is -3.81. The molecule has 1 unspecified atom stereocenters. The maximum Gasteiger partial charge on any atom is 0.419 e. The third kappa shape index (κ3) is 3.65. The minimum atomic E-state index is -4.80. The highest BCUT2D eigenvalue weighted by Gasteiger charge is 2.34. The van der Waals surface area contributed by atoms with Crippen molar-refractivity contribution < 1.29 is 22.4 Å². The largest absolute Gasteiger partial charge is 0.419 e.